The van der Waals surface area contributed by atoms with Gasteiger partial charge in [0.25, 0.3) is 0 Å². The Kier molecular flexibility index (Phi) is 3.60. The molecule has 82 valence electrons. The van der Waals surface area contributed by atoms with Crippen LogP contribution in [0.2, 0.25) is 0 Å². The van der Waals surface area contributed by atoms with E-state index in [1.54, 1.807) is 22.8 Å². The Morgan fingerprint density at radius 1 is 1.13 bits per heavy atom. The van der Waals surface area contributed by atoms with Gasteiger partial charge in [0.2, 0.25) is 4.67 Å². The molecule has 2 rings (SSSR count). The Hall–Kier alpha value is 0.230. The molecule has 1 aliphatic heterocycles. The van der Waals surface area contributed by atoms with Crippen molar-refractivity contribution in [3.8, 4) is 5.75 Å². The zero-order chi connectivity index (χ0) is 10.9. The molecule has 0 amide bonds. The van der Waals surface area contributed by atoms with Crippen LogP contribution in [-0.4, -0.2) is 11.5 Å². The fraction of sp³-hybridized carbons (Fsp3) is 0.250. The Morgan fingerprint density at radius 2 is 1.67 bits per heavy atom. The predicted octanol–water partition coefficient (Wildman–Crippen LogP) is 4.05. The quantitative estimate of drug-likeness (QED) is 0.757. The van der Waals surface area contributed by atoms with Gasteiger partial charge in [-0.1, -0.05) is 22.8 Å². The molecule has 1 saturated heterocycles. The third kappa shape index (κ3) is 3.09. The maximum absolute atomic E-state index is 12.9. The average Bonchev–Trinajstić information content (AvgIpc) is 2.49. The lowest BCUT2D eigenvalue weighted by molar-refractivity contribution is 0.557. The summed E-state index contributed by atoms with van der Waals surface area (Å²) in [4.78, 5) is 0. The molecule has 0 saturated carbocycles. The van der Waals surface area contributed by atoms with Crippen LogP contribution in [0.15, 0.2) is 18.2 Å². The fourth-order valence-electron chi connectivity index (χ4n) is 1.10. The molecule has 0 unspecified atom stereocenters. The molecule has 0 radical (unpaired) electrons. The minimum absolute atomic E-state index is 0.192. The van der Waals surface area contributed by atoms with Crippen LogP contribution in [0.1, 0.15) is 0 Å². The molecule has 0 N–H and O–H groups in total. The molecule has 1 aliphatic rings. The molecular formula is C8H7F2OPS3. The third-order valence-electron chi connectivity index (χ3n) is 1.64. The zero-order valence-electron chi connectivity index (χ0n) is 7.48. The molecule has 1 heterocycles. The van der Waals surface area contributed by atoms with Gasteiger partial charge in [-0.15, -0.1) is 0 Å². The summed E-state index contributed by atoms with van der Waals surface area (Å²) in [5.41, 5.74) is 0. The van der Waals surface area contributed by atoms with Crippen LogP contribution >= 0.6 is 27.4 Å². The minimum Gasteiger partial charge on any atom is -0.448 e. The molecule has 1 aromatic carbocycles. The van der Waals surface area contributed by atoms with Gasteiger partial charge in [-0.2, -0.15) is 0 Å². The van der Waals surface area contributed by atoms with E-state index < -0.39 is 16.3 Å². The van der Waals surface area contributed by atoms with Crippen molar-refractivity contribution in [3.05, 3.63) is 29.8 Å². The molecule has 0 aromatic heterocycles. The number of rotatable bonds is 2. The van der Waals surface area contributed by atoms with E-state index in [-0.39, 0.29) is 5.75 Å². The lowest BCUT2D eigenvalue weighted by Gasteiger charge is -2.15. The predicted molar refractivity (Wildman–Crippen MR) is 66.2 cm³/mol. The van der Waals surface area contributed by atoms with E-state index in [0.29, 0.717) is 0 Å². The van der Waals surface area contributed by atoms with Gasteiger partial charge in [0.05, 0.1) is 0 Å². The van der Waals surface area contributed by atoms with E-state index in [1.807, 2.05) is 0 Å². The van der Waals surface area contributed by atoms with Gasteiger partial charge >= 0.3 is 0 Å². The highest BCUT2D eigenvalue weighted by atomic mass is 33.2. The SMILES string of the molecule is Fc1cc(F)cc(OP2(=S)SCCS2)c1. The number of hydrogen-bond acceptors (Lipinski definition) is 4. The molecule has 1 aromatic rings. The standard InChI is InChI=1S/C8H7F2OPS3/c9-6-3-7(10)5-8(4-6)11-12(13)14-1-2-15-12/h3-5H,1-2H2. The summed E-state index contributed by atoms with van der Waals surface area (Å²) < 4.78 is 29.2. The Bertz CT molecular complexity index is 396. The van der Waals surface area contributed by atoms with Crippen molar-refractivity contribution in [2.75, 3.05) is 11.5 Å². The van der Waals surface area contributed by atoms with Gasteiger partial charge in [0, 0.05) is 29.7 Å². The summed E-state index contributed by atoms with van der Waals surface area (Å²) in [6.07, 6.45) is 0. The third-order valence-corrected chi connectivity index (χ3v) is 11.2. The van der Waals surface area contributed by atoms with Gasteiger partial charge in [0.1, 0.15) is 17.4 Å². The highest BCUT2D eigenvalue weighted by Gasteiger charge is 2.27. The first kappa shape index (κ1) is 11.7. The van der Waals surface area contributed by atoms with Crippen LogP contribution in [0, 0.1) is 11.6 Å². The van der Waals surface area contributed by atoms with Crippen molar-refractivity contribution in [2.45, 2.75) is 0 Å². The van der Waals surface area contributed by atoms with Crippen LogP contribution in [0.3, 0.4) is 0 Å². The van der Waals surface area contributed by atoms with E-state index in [0.717, 1.165) is 29.7 Å². The highest BCUT2D eigenvalue weighted by Crippen LogP contribution is 2.73. The number of hydrogen-bond donors (Lipinski definition) is 0. The molecule has 1 nitrogen and oxygen atoms in total. The molecule has 7 heteroatoms. The lowest BCUT2D eigenvalue weighted by Crippen LogP contribution is -1.87. The van der Waals surface area contributed by atoms with Crippen molar-refractivity contribution in [1.29, 1.82) is 0 Å². The van der Waals surface area contributed by atoms with Crippen molar-refractivity contribution in [2.24, 2.45) is 0 Å². The lowest BCUT2D eigenvalue weighted by atomic mass is 10.3. The summed E-state index contributed by atoms with van der Waals surface area (Å²) in [7, 11) is 0. The normalized spacial score (nSPS) is 19.1. The van der Waals surface area contributed by atoms with Crippen LogP contribution in [0.25, 0.3) is 0 Å². The zero-order valence-corrected chi connectivity index (χ0v) is 10.8. The summed E-state index contributed by atoms with van der Waals surface area (Å²) in [5.74, 6) is 0.804. The first-order chi connectivity index (χ1) is 7.07. The number of benzene rings is 1. The van der Waals surface area contributed by atoms with E-state index in [1.165, 1.54) is 0 Å². The monoisotopic (exact) mass is 284 g/mol. The summed E-state index contributed by atoms with van der Waals surface area (Å²) in [6, 6.07) is 3.14. The first-order valence-corrected chi connectivity index (χ1v) is 10.0. The second-order valence-electron chi connectivity index (χ2n) is 2.81. The average molecular weight is 284 g/mol. The maximum Gasteiger partial charge on any atom is 0.222 e. The van der Waals surface area contributed by atoms with E-state index >= 15 is 0 Å². The smallest absolute Gasteiger partial charge is 0.222 e. The van der Waals surface area contributed by atoms with Gasteiger partial charge in [0.15, 0.2) is 0 Å². The molecule has 0 spiro atoms. The summed E-state index contributed by atoms with van der Waals surface area (Å²) in [5, 5.41) is 0. The Balaban J connectivity index is 2.20. The second kappa shape index (κ2) is 4.62. The molecular weight excluding hydrogens is 277 g/mol. The van der Waals surface area contributed by atoms with Crippen molar-refractivity contribution < 1.29 is 13.3 Å². The van der Waals surface area contributed by atoms with E-state index in [2.05, 4.69) is 0 Å². The van der Waals surface area contributed by atoms with Crippen molar-refractivity contribution in [3.63, 3.8) is 0 Å². The van der Waals surface area contributed by atoms with Crippen LogP contribution in [-0.2, 0) is 11.8 Å². The number of halogens is 2. The Morgan fingerprint density at radius 3 is 2.20 bits per heavy atom. The van der Waals surface area contributed by atoms with Gasteiger partial charge < -0.3 is 4.52 Å². The van der Waals surface area contributed by atoms with E-state index in [4.69, 9.17) is 16.3 Å². The molecule has 15 heavy (non-hydrogen) atoms. The fourth-order valence-corrected chi connectivity index (χ4v) is 10.0. The first-order valence-electron chi connectivity index (χ1n) is 4.12. The largest absolute Gasteiger partial charge is 0.448 e. The maximum atomic E-state index is 12.9. The molecule has 0 atom stereocenters. The molecule has 0 bridgehead atoms. The summed E-state index contributed by atoms with van der Waals surface area (Å²) >= 11 is 8.45. The van der Waals surface area contributed by atoms with Crippen LogP contribution in [0.4, 0.5) is 8.78 Å². The molecule has 1 fully saturated rings. The van der Waals surface area contributed by atoms with Gasteiger partial charge in [-0.3, -0.25) is 0 Å². The summed E-state index contributed by atoms with van der Waals surface area (Å²) in [6.45, 7) is 0. The second-order valence-corrected chi connectivity index (χ2v) is 13.5. The minimum atomic E-state index is -2.00. The van der Waals surface area contributed by atoms with Crippen LogP contribution < -0.4 is 4.52 Å². The Labute approximate surface area is 99.6 Å². The van der Waals surface area contributed by atoms with E-state index in [9.17, 15) is 8.78 Å². The van der Waals surface area contributed by atoms with Crippen molar-refractivity contribution >= 4 is 39.2 Å². The van der Waals surface area contributed by atoms with Crippen molar-refractivity contribution in [1.82, 2.24) is 0 Å². The van der Waals surface area contributed by atoms with Crippen LogP contribution in [0.5, 0.6) is 5.75 Å². The van der Waals surface area contributed by atoms with Gasteiger partial charge in [-0.25, -0.2) is 8.78 Å². The highest BCUT2D eigenvalue weighted by molar-refractivity contribution is 9.00. The topological polar surface area (TPSA) is 9.23 Å². The molecule has 0 aliphatic carbocycles. The van der Waals surface area contributed by atoms with Gasteiger partial charge in [-0.05, 0) is 11.8 Å².